The van der Waals surface area contributed by atoms with E-state index in [1.807, 2.05) is 0 Å². The highest BCUT2D eigenvalue weighted by Crippen LogP contribution is 2.31. The van der Waals surface area contributed by atoms with Crippen LogP contribution in [0.15, 0.2) is 23.1 Å². The summed E-state index contributed by atoms with van der Waals surface area (Å²) < 4.78 is 27.8. The van der Waals surface area contributed by atoms with E-state index in [2.05, 4.69) is 5.32 Å². The molecule has 1 aliphatic carbocycles. The lowest BCUT2D eigenvalue weighted by molar-refractivity contribution is 0.0952. The first-order valence-corrected chi connectivity index (χ1v) is 8.63. The Hall–Kier alpha value is -1.27. The first-order chi connectivity index (χ1) is 9.41. The van der Waals surface area contributed by atoms with Crippen molar-refractivity contribution in [2.75, 3.05) is 13.7 Å². The van der Waals surface area contributed by atoms with Gasteiger partial charge in [-0.05, 0) is 30.5 Å². The van der Waals surface area contributed by atoms with Gasteiger partial charge in [0.25, 0.3) is 15.0 Å². The predicted molar refractivity (Wildman–Crippen MR) is 75.7 cm³/mol. The molecule has 110 valence electrons. The average Bonchev–Trinajstić information content (AvgIpc) is 3.21. The molecule has 1 aromatic carbocycles. The Labute approximate surface area is 122 Å². The zero-order valence-electron chi connectivity index (χ0n) is 11.1. The van der Waals surface area contributed by atoms with Crippen LogP contribution < -0.4 is 10.1 Å². The molecule has 0 unspecified atom stereocenters. The maximum atomic E-state index is 11.9. The molecular weight excluding hydrogens is 302 g/mol. The summed E-state index contributed by atoms with van der Waals surface area (Å²) >= 11 is 0. The molecule has 1 aliphatic rings. The second-order valence-electron chi connectivity index (χ2n) is 4.79. The number of hydrogen-bond acceptors (Lipinski definition) is 4. The Morgan fingerprint density at radius 3 is 2.70 bits per heavy atom. The number of amides is 1. The van der Waals surface area contributed by atoms with Gasteiger partial charge in [-0.3, -0.25) is 4.79 Å². The van der Waals surface area contributed by atoms with Crippen molar-refractivity contribution in [1.29, 1.82) is 0 Å². The molecule has 7 heteroatoms. The van der Waals surface area contributed by atoms with Gasteiger partial charge in [0, 0.05) is 22.8 Å². The van der Waals surface area contributed by atoms with Crippen molar-refractivity contribution in [2.45, 2.75) is 24.2 Å². The summed E-state index contributed by atoms with van der Waals surface area (Å²) in [6.07, 6.45) is 3.42. The van der Waals surface area contributed by atoms with Crippen LogP contribution in [0.1, 0.15) is 29.6 Å². The average molecular weight is 318 g/mol. The van der Waals surface area contributed by atoms with Gasteiger partial charge in [0.2, 0.25) is 0 Å². The van der Waals surface area contributed by atoms with Crippen LogP contribution in [-0.2, 0) is 9.05 Å². The third-order valence-electron chi connectivity index (χ3n) is 3.22. The summed E-state index contributed by atoms with van der Waals surface area (Å²) in [7, 11) is 2.72. The topological polar surface area (TPSA) is 72.5 Å². The largest absolute Gasteiger partial charge is 0.495 e. The first-order valence-electron chi connectivity index (χ1n) is 6.32. The maximum Gasteiger partial charge on any atom is 0.265 e. The molecule has 0 saturated heterocycles. The number of ether oxygens (including phenoxy) is 1. The minimum Gasteiger partial charge on any atom is -0.495 e. The summed E-state index contributed by atoms with van der Waals surface area (Å²) in [6.45, 7) is 0.596. The van der Waals surface area contributed by atoms with Crippen molar-refractivity contribution in [3.05, 3.63) is 23.8 Å². The summed E-state index contributed by atoms with van der Waals surface area (Å²) in [6, 6.07) is 4.16. The third kappa shape index (κ3) is 3.86. The minimum atomic E-state index is -3.96. The zero-order valence-corrected chi connectivity index (χ0v) is 12.6. The number of carbonyl (C=O) groups is 1. The Balaban J connectivity index is 2.12. The van der Waals surface area contributed by atoms with Crippen LogP contribution in [0.5, 0.6) is 5.75 Å². The van der Waals surface area contributed by atoms with Gasteiger partial charge in [-0.1, -0.05) is 12.8 Å². The number of benzene rings is 1. The number of carbonyl (C=O) groups excluding carboxylic acids is 1. The smallest absolute Gasteiger partial charge is 0.265 e. The van der Waals surface area contributed by atoms with Gasteiger partial charge in [-0.25, -0.2) is 8.42 Å². The second kappa shape index (κ2) is 6.01. The van der Waals surface area contributed by atoms with E-state index in [4.69, 9.17) is 15.4 Å². The Bertz CT molecular complexity index is 611. The van der Waals surface area contributed by atoms with E-state index in [1.165, 1.54) is 38.2 Å². The van der Waals surface area contributed by atoms with E-state index in [0.717, 1.165) is 12.3 Å². The number of nitrogens with one attached hydrogen (secondary N) is 1. The number of hydrogen-bond donors (Lipinski definition) is 1. The monoisotopic (exact) mass is 317 g/mol. The fraction of sp³-hybridized carbons (Fsp3) is 0.462. The molecule has 1 fully saturated rings. The van der Waals surface area contributed by atoms with E-state index in [0.29, 0.717) is 6.54 Å². The standard InChI is InChI=1S/C13H16ClNO4S/c1-19-11-5-4-10(8-12(11)20(14,17)18)13(16)15-7-6-9-2-3-9/h4-5,8-9H,2-3,6-7H2,1H3,(H,15,16). The van der Waals surface area contributed by atoms with E-state index >= 15 is 0 Å². The van der Waals surface area contributed by atoms with Gasteiger partial charge < -0.3 is 10.1 Å². The van der Waals surface area contributed by atoms with Crippen LogP contribution in [0.4, 0.5) is 0 Å². The van der Waals surface area contributed by atoms with Crippen LogP contribution in [0.3, 0.4) is 0 Å². The molecule has 0 spiro atoms. The molecule has 1 amide bonds. The molecule has 0 aromatic heterocycles. The van der Waals surface area contributed by atoms with Gasteiger partial charge in [-0.15, -0.1) is 0 Å². The van der Waals surface area contributed by atoms with Crippen molar-refractivity contribution < 1.29 is 17.9 Å². The fourth-order valence-corrected chi connectivity index (χ4v) is 2.93. The number of halogens is 1. The molecule has 20 heavy (non-hydrogen) atoms. The first kappa shape index (κ1) is 15.1. The Morgan fingerprint density at radius 2 is 2.15 bits per heavy atom. The zero-order chi connectivity index (χ0) is 14.8. The molecular formula is C13H16ClNO4S. The molecule has 1 N–H and O–H groups in total. The molecule has 0 radical (unpaired) electrons. The lowest BCUT2D eigenvalue weighted by Gasteiger charge is -2.09. The van der Waals surface area contributed by atoms with Crippen LogP contribution in [0.2, 0.25) is 0 Å². The number of rotatable bonds is 6. The molecule has 5 nitrogen and oxygen atoms in total. The van der Waals surface area contributed by atoms with E-state index in [9.17, 15) is 13.2 Å². The van der Waals surface area contributed by atoms with Crippen molar-refractivity contribution in [3.8, 4) is 5.75 Å². The molecule has 1 aromatic rings. The van der Waals surface area contributed by atoms with Gasteiger partial charge >= 0.3 is 0 Å². The van der Waals surface area contributed by atoms with Crippen LogP contribution >= 0.6 is 10.7 Å². The third-order valence-corrected chi connectivity index (χ3v) is 4.57. The predicted octanol–water partition coefficient (Wildman–Crippen LogP) is 2.15. The normalized spacial score (nSPS) is 14.9. The fourth-order valence-electron chi connectivity index (χ4n) is 1.91. The van der Waals surface area contributed by atoms with Crippen LogP contribution in [0, 0.1) is 5.92 Å². The second-order valence-corrected chi connectivity index (χ2v) is 7.33. The Kier molecular flexibility index (Phi) is 4.55. The molecule has 1 saturated carbocycles. The summed E-state index contributed by atoms with van der Waals surface area (Å²) in [5.74, 6) is 0.536. The minimum absolute atomic E-state index is 0.120. The van der Waals surface area contributed by atoms with E-state index in [1.54, 1.807) is 0 Å². The molecule has 0 heterocycles. The summed E-state index contributed by atoms with van der Waals surface area (Å²) in [5.41, 5.74) is 0.251. The van der Waals surface area contributed by atoms with E-state index < -0.39 is 9.05 Å². The van der Waals surface area contributed by atoms with Crippen molar-refractivity contribution in [1.82, 2.24) is 5.32 Å². The van der Waals surface area contributed by atoms with Gasteiger partial charge in [0.05, 0.1) is 7.11 Å². The molecule has 0 aliphatic heterocycles. The van der Waals surface area contributed by atoms with Gasteiger partial charge in [0.15, 0.2) is 0 Å². The van der Waals surface area contributed by atoms with Crippen molar-refractivity contribution in [2.24, 2.45) is 5.92 Å². The lowest BCUT2D eigenvalue weighted by Crippen LogP contribution is -2.24. The highest BCUT2D eigenvalue weighted by molar-refractivity contribution is 8.13. The quantitative estimate of drug-likeness (QED) is 0.816. The Morgan fingerprint density at radius 1 is 1.45 bits per heavy atom. The molecule has 0 bridgehead atoms. The van der Waals surface area contributed by atoms with Crippen LogP contribution in [-0.4, -0.2) is 28.0 Å². The van der Waals surface area contributed by atoms with Gasteiger partial charge in [0.1, 0.15) is 10.6 Å². The van der Waals surface area contributed by atoms with Crippen molar-refractivity contribution >= 4 is 25.6 Å². The van der Waals surface area contributed by atoms with Gasteiger partial charge in [-0.2, -0.15) is 0 Å². The highest BCUT2D eigenvalue weighted by atomic mass is 35.7. The lowest BCUT2D eigenvalue weighted by atomic mass is 10.2. The summed E-state index contributed by atoms with van der Waals surface area (Å²) in [4.78, 5) is 11.7. The molecule has 2 rings (SSSR count). The maximum absolute atomic E-state index is 11.9. The highest BCUT2D eigenvalue weighted by Gasteiger charge is 2.22. The number of methoxy groups -OCH3 is 1. The van der Waals surface area contributed by atoms with Crippen LogP contribution in [0.25, 0.3) is 0 Å². The summed E-state index contributed by atoms with van der Waals surface area (Å²) in [5, 5.41) is 2.77. The SMILES string of the molecule is COc1ccc(C(=O)NCCC2CC2)cc1S(=O)(=O)Cl. The van der Waals surface area contributed by atoms with E-state index in [-0.39, 0.29) is 22.1 Å². The molecule has 0 atom stereocenters. The van der Waals surface area contributed by atoms with Crippen molar-refractivity contribution in [3.63, 3.8) is 0 Å².